The number of carbonyl (C=O) groups excluding carboxylic acids is 1. The van der Waals surface area contributed by atoms with E-state index in [1.54, 1.807) is 18.2 Å². The van der Waals surface area contributed by atoms with Crippen molar-refractivity contribution in [2.75, 3.05) is 26.1 Å². The number of benzene rings is 1. The van der Waals surface area contributed by atoms with Crippen LogP contribution in [0.4, 0.5) is 5.82 Å². The monoisotopic (exact) mass is 330 g/mol. The van der Waals surface area contributed by atoms with Crippen molar-refractivity contribution in [1.29, 1.82) is 0 Å². The average Bonchev–Trinajstić information content (AvgIpc) is 3.03. The Hall–Kier alpha value is -2.18. The molecule has 1 unspecified atom stereocenters. The summed E-state index contributed by atoms with van der Waals surface area (Å²) in [6.07, 6.45) is 1.90. The second-order valence-corrected chi connectivity index (χ2v) is 5.84. The van der Waals surface area contributed by atoms with E-state index in [0.29, 0.717) is 31.2 Å². The van der Waals surface area contributed by atoms with Gasteiger partial charge in [-0.25, -0.2) is 9.78 Å². The smallest absolute Gasteiger partial charge is 0.337 e. The lowest BCUT2D eigenvalue weighted by Gasteiger charge is -2.14. The lowest BCUT2D eigenvalue weighted by atomic mass is 10.00. The van der Waals surface area contributed by atoms with E-state index >= 15 is 0 Å². The van der Waals surface area contributed by atoms with E-state index in [1.165, 1.54) is 7.11 Å². The van der Waals surface area contributed by atoms with Crippen LogP contribution in [0.1, 0.15) is 47.4 Å². The topological polar surface area (TPSA) is 83.7 Å². The molecule has 0 amide bonds. The molecular formula is C18H22N2O4. The van der Waals surface area contributed by atoms with E-state index in [0.717, 1.165) is 34.9 Å². The molecule has 0 bridgehead atoms. The zero-order chi connectivity index (χ0) is 17.1. The van der Waals surface area contributed by atoms with Crippen molar-refractivity contribution in [2.24, 2.45) is 0 Å². The van der Waals surface area contributed by atoms with Gasteiger partial charge in [0.1, 0.15) is 11.9 Å². The standard InChI is InChI=1S/C18H22N2O4/c1-3-4-7-23-10-15-16-13(9-24-15)12-8-11(18(21)22-2)5-6-14(12)20-17(16)19/h5-6,8,15H,3-4,7,9-10H2,1-2H3,(H2,19,20). The van der Waals surface area contributed by atoms with E-state index in [4.69, 9.17) is 19.9 Å². The highest BCUT2D eigenvalue weighted by Crippen LogP contribution is 2.38. The molecule has 3 rings (SSSR count). The largest absolute Gasteiger partial charge is 0.465 e. The molecule has 6 heteroatoms. The van der Waals surface area contributed by atoms with Crippen LogP contribution in [0.5, 0.6) is 0 Å². The van der Waals surface area contributed by atoms with Crippen LogP contribution in [-0.2, 0) is 20.8 Å². The predicted molar refractivity (Wildman–Crippen MR) is 90.8 cm³/mol. The van der Waals surface area contributed by atoms with Gasteiger partial charge in [-0.2, -0.15) is 0 Å². The number of nitrogen functional groups attached to an aromatic ring is 1. The highest BCUT2D eigenvalue weighted by molar-refractivity contribution is 5.96. The van der Waals surface area contributed by atoms with Gasteiger partial charge in [-0.05, 0) is 30.2 Å². The van der Waals surface area contributed by atoms with Crippen LogP contribution < -0.4 is 5.73 Å². The number of unbranched alkanes of at least 4 members (excludes halogenated alkanes) is 1. The number of carbonyl (C=O) groups is 1. The van der Waals surface area contributed by atoms with Crippen LogP contribution in [0.3, 0.4) is 0 Å². The van der Waals surface area contributed by atoms with Gasteiger partial charge in [0.15, 0.2) is 0 Å². The number of nitrogens with two attached hydrogens (primary N) is 1. The number of esters is 1. The van der Waals surface area contributed by atoms with Gasteiger partial charge in [0, 0.05) is 17.6 Å². The molecule has 2 aromatic rings. The summed E-state index contributed by atoms with van der Waals surface area (Å²) < 4.78 is 16.3. The van der Waals surface area contributed by atoms with Crippen molar-refractivity contribution in [3.8, 4) is 0 Å². The summed E-state index contributed by atoms with van der Waals surface area (Å²) >= 11 is 0. The number of nitrogens with zero attached hydrogens (tertiary/aromatic N) is 1. The van der Waals surface area contributed by atoms with E-state index < -0.39 is 0 Å². The van der Waals surface area contributed by atoms with Crippen molar-refractivity contribution in [1.82, 2.24) is 4.98 Å². The molecule has 2 heterocycles. The van der Waals surface area contributed by atoms with Gasteiger partial charge in [0.25, 0.3) is 0 Å². The minimum absolute atomic E-state index is 0.212. The first-order valence-corrected chi connectivity index (χ1v) is 8.15. The van der Waals surface area contributed by atoms with Crippen molar-refractivity contribution in [2.45, 2.75) is 32.5 Å². The number of aromatic nitrogens is 1. The molecule has 1 atom stereocenters. The molecule has 1 aliphatic rings. The summed E-state index contributed by atoms with van der Waals surface area (Å²) in [5, 5.41) is 0.873. The van der Waals surface area contributed by atoms with Gasteiger partial charge in [0.2, 0.25) is 0 Å². The fraction of sp³-hybridized carbons (Fsp3) is 0.444. The molecule has 0 spiro atoms. The Bertz CT molecular complexity index is 760. The van der Waals surface area contributed by atoms with E-state index in [9.17, 15) is 4.79 Å². The Labute approximate surface area is 140 Å². The number of hydrogen-bond acceptors (Lipinski definition) is 6. The van der Waals surface area contributed by atoms with Crippen LogP contribution in [0.2, 0.25) is 0 Å². The highest BCUT2D eigenvalue weighted by atomic mass is 16.5. The number of ether oxygens (including phenoxy) is 3. The molecule has 0 aliphatic carbocycles. The Balaban J connectivity index is 1.94. The fourth-order valence-electron chi connectivity index (χ4n) is 2.96. The summed E-state index contributed by atoms with van der Waals surface area (Å²) in [6, 6.07) is 5.26. The van der Waals surface area contributed by atoms with Crippen LogP contribution in [-0.4, -0.2) is 31.3 Å². The van der Waals surface area contributed by atoms with E-state index in [2.05, 4.69) is 11.9 Å². The van der Waals surface area contributed by atoms with Crippen LogP contribution in [0.15, 0.2) is 18.2 Å². The molecule has 1 aromatic heterocycles. The minimum atomic E-state index is -0.374. The number of hydrogen-bond donors (Lipinski definition) is 1. The van der Waals surface area contributed by atoms with Crippen LogP contribution >= 0.6 is 0 Å². The molecular weight excluding hydrogens is 308 g/mol. The Morgan fingerprint density at radius 3 is 3.04 bits per heavy atom. The van der Waals surface area contributed by atoms with E-state index in [1.807, 2.05) is 0 Å². The molecule has 128 valence electrons. The van der Waals surface area contributed by atoms with Gasteiger partial charge in [-0.3, -0.25) is 0 Å². The molecule has 0 saturated carbocycles. The third-order valence-corrected chi connectivity index (χ3v) is 4.25. The predicted octanol–water partition coefficient (Wildman–Crippen LogP) is 2.99. The van der Waals surface area contributed by atoms with Crippen molar-refractivity contribution in [3.05, 3.63) is 34.9 Å². The second kappa shape index (κ2) is 7.15. The molecule has 0 fully saturated rings. The van der Waals surface area contributed by atoms with E-state index in [-0.39, 0.29) is 12.1 Å². The normalized spacial score (nSPS) is 16.3. The van der Waals surface area contributed by atoms with Crippen molar-refractivity contribution < 1.29 is 19.0 Å². The Kier molecular flexibility index (Phi) is 4.97. The first-order chi connectivity index (χ1) is 11.7. The second-order valence-electron chi connectivity index (χ2n) is 5.84. The van der Waals surface area contributed by atoms with Gasteiger partial charge in [0.05, 0.1) is 31.4 Å². The third-order valence-electron chi connectivity index (χ3n) is 4.25. The molecule has 24 heavy (non-hydrogen) atoms. The first kappa shape index (κ1) is 16.7. The van der Waals surface area contributed by atoms with Crippen LogP contribution in [0, 0.1) is 0 Å². The summed E-state index contributed by atoms with van der Waals surface area (Å²) in [6.45, 7) is 3.73. The third kappa shape index (κ3) is 3.07. The highest BCUT2D eigenvalue weighted by Gasteiger charge is 2.29. The molecule has 1 aromatic carbocycles. The number of anilines is 1. The molecule has 6 nitrogen and oxygen atoms in total. The summed E-state index contributed by atoms with van der Waals surface area (Å²) in [5.74, 6) is 0.0887. The maximum atomic E-state index is 11.8. The minimum Gasteiger partial charge on any atom is -0.465 e. The quantitative estimate of drug-likeness (QED) is 0.647. The lowest BCUT2D eigenvalue weighted by molar-refractivity contribution is -0.00934. The van der Waals surface area contributed by atoms with Gasteiger partial charge in [-0.1, -0.05) is 13.3 Å². The SMILES string of the molecule is CCCCOCC1OCc2c1c(N)nc1ccc(C(=O)OC)cc21. The van der Waals surface area contributed by atoms with Gasteiger partial charge in [-0.15, -0.1) is 0 Å². The molecule has 0 saturated heterocycles. The Morgan fingerprint density at radius 2 is 2.29 bits per heavy atom. The molecule has 2 N–H and O–H groups in total. The van der Waals surface area contributed by atoms with Crippen molar-refractivity contribution in [3.63, 3.8) is 0 Å². The number of methoxy groups -OCH3 is 1. The summed E-state index contributed by atoms with van der Waals surface area (Å²) in [5.41, 5.74) is 9.23. The fourth-order valence-corrected chi connectivity index (χ4v) is 2.96. The van der Waals surface area contributed by atoms with Gasteiger partial charge >= 0.3 is 5.97 Å². The maximum Gasteiger partial charge on any atom is 0.337 e. The molecule has 1 aliphatic heterocycles. The zero-order valence-corrected chi connectivity index (χ0v) is 14.0. The lowest BCUT2D eigenvalue weighted by Crippen LogP contribution is -2.10. The summed E-state index contributed by atoms with van der Waals surface area (Å²) in [4.78, 5) is 16.2. The number of rotatable bonds is 6. The maximum absolute atomic E-state index is 11.8. The summed E-state index contributed by atoms with van der Waals surface area (Å²) in [7, 11) is 1.37. The van der Waals surface area contributed by atoms with Gasteiger partial charge < -0.3 is 19.9 Å². The Morgan fingerprint density at radius 1 is 1.46 bits per heavy atom. The van der Waals surface area contributed by atoms with Crippen molar-refractivity contribution >= 4 is 22.7 Å². The molecule has 0 radical (unpaired) electrons. The van der Waals surface area contributed by atoms with Crippen LogP contribution in [0.25, 0.3) is 10.9 Å². The zero-order valence-electron chi connectivity index (χ0n) is 14.0. The number of fused-ring (bicyclic) bond motifs is 3. The number of pyridine rings is 1. The first-order valence-electron chi connectivity index (χ1n) is 8.15. The average molecular weight is 330 g/mol.